The van der Waals surface area contributed by atoms with Gasteiger partial charge in [0, 0.05) is 17.5 Å². The smallest absolute Gasteiger partial charge is 0.198 e. The van der Waals surface area contributed by atoms with Gasteiger partial charge >= 0.3 is 0 Å². The van der Waals surface area contributed by atoms with Gasteiger partial charge in [0.05, 0.1) is 16.5 Å². The van der Waals surface area contributed by atoms with Crippen LogP contribution >= 0.6 is 0 Å². The highest BCUT2D eigenvalue weighted by Gasteiger charge is 2.34. The van der Waals surface area contributed by atoms with Crippen LogP contribution in [0.5, 0.6) is 11.5 Å². The van der Waals surface area contributed by atoms with Crippen LogP contribution in [-0.4, -0.2) is 12.1 Å². The third kappa shape index (κ3) is 3.07. The molecular formula is C26H32N2O2. The molecule has 4 nitrogen and oxygen atoms in total. The minimum absolute atomic E-state index is 0.0667. The standard InChI is InChI=1S/C26H32N2O2/c1-15-3-7-17(8-4-15)25-27-19-11-14-22-24-20(12-13-21(29-25)23(19)24)28-26(30-22)18-9-5-16(2)6-10-18/h11-18,25,27H,3-10H2,1-2H3. The molecule has 2 fully saturated rings. The Morgan fingerprint density at radius 3 is 2.27 bits per heavy atom. The summed E-state index contributed by atoms with van der Waals surface area (Å²) in [6, 6.07) is 8.56. The predicted octanol–water partition coefficient (Wildman–Crippen LogP) is 7.05. The molecule has 1 unspecified atom stereocenters. The van der Waals surface area contributed by atoms with E-state index in [-0.39, 0.29) is 6.23 Å². The molecule has 0 saturated heterocycles. The van der Waals surface area contributed by atoms with Gasteiger partial charge in [-0.1, -0.05) is 26.7 Å². The fourth-order valence-corrected chi connectivity index (χ4v) is 5.87. The van der Waals surface area contributed by atoms with Crippen LogP contribution in [0.2, 0.25) is 0 Å². The number of aliphatic imine (C=N–C) groups is 1. The van der Waals surface area contributed by atoms with Gasteiger partial charge in [0.25, 0.3) is 0 Å². The molecule has 1 N–H and O–H groups in total. The van der Waals surface area contributed by atoms with E-state index in [1.807, 2.05) is 0 Å². The summed E-state index contributed by atoms with van der Waals surface area (Å²) in [5.41, 5.74) is 2.19. The molecule has 2 aromatic rings. The van der Waals surface area contributed by atoms with E-state index in [1.54, 1.807) is 0 Å². The van der Waals surface area contributed by atoms with E-state index in [4.69, 9.17) is 14.5 Å². The van der Waals surface area contributed by atoms with Crippen LogP contribution in [0.25, 0.3) is 10.8 Å². The van der Waals surface area contributed by atoms with Crippen molar-refractivity contribution in [3.05, 3.63) is 24.3 Å². The number of benzene rings is 2. The molecule has 158 valence electrons. The second-order valence-electron chi connectivity index (χ2n) is 10.2. The van der Waals surface area contributed by atoms with E-state index in [9.17, 15) is 0 Å². The minimum Gasteiger partial charge on any atom is -0.470 e. The van der Waals surface area contributed by atoms with E-state index in [0.29, 0.717) is 11.8 Å². The van der Waals surface area contributed by atoms with Gasteiger partial charge in [-0.2, -0.15) is 0 Å². The molecule has 0 amide bonds. The summed E-state index contributed by atoms with van der Waals surface area (Å²) in [4.78, 5) is 4.98. The SMILES string of the molecule is CC1CCC(C2=Nc3ccc4c5c(ccc(c35)O2)NC(C2CCC(C)CC2)O4)CC1. The second-order valence-corrected chi connectivity index (χ2v) is 10.2. The molecular weight excluding hydrogens is 372 g/mol. The summed E-state index contributed by atoms with van der Waals surface area (Å²) < 4.78 is 12.9. The van der Waals surface area contributed by atoms with Gasteiger partial charge in [0.1, 0.15) is 11.5 Å². The number of nitrogens with zero attached hydrogens (tertiary/aromatic N) is 1. The lowest BCUT2D eigenvalue weighted by atomic mass is 9.81. The molecule has 4 heteroatoms. The van der Waals surface area contributed by atoms with Crippen LogP contribution in [0, 0.1) is 23.7 Å². The van der Waals surface area contributed by atoms with E-state index in [0.717, 1.165) is 51.4 Å². The summed E-state index contributed by atoms with van der Waals surface area (Å²) in [5.74, 6) is 5.52. The zero-order valence-electron chi connectivity index (χ0n) is 18.1. The molecule has 0 bridgehead atoms. The maximum absolute atomic E-state index is 6.50. The molecule has 2 aliphatic heterocycles. The van der Waals surface area contributed by atoms with Crippen molar-refractivity contribution in [1.82, 2.24) is 0 Å². The van der Waals surface area contributed by atoms with Gasteiger partial charge in [0.15, 0.2) is 12.1 Å². The average molecular weight is 405 g/mol. The molecule has 2 heterocycles. The highest BCUT2D eigenvalue weighted by molar-refractivity contribution is 6.11. The Balaban J connectivity index is 1.32. The van der Waals surface area contributed by atoms with E-state index >= 15 is 0 Å². The van der Waals surface area contributed by atoms with Gasteiger partial charge < -0.3 is 14.8 Å². The van der Waals surface area contributed by atoms with Crippen molar-refractivity contribution in [2.75, 3.05) is 5.32 Å². The van der Waals surface area contributed by atoms with Gasteiger partial charge in [0.2, 0.25) is 0 Å². The monoisotopic (exact) mass is 404 g/mol. The largest absolute Gasteiger partial charge is 0.470 e. The Morgan fingerprint density at radius 1 is 0.800 bits per heavy atom. The zero-order chi connectivity index (χ0) is 20.2. The average Bonchev–Trinajstić information content (AvgIpc) is 2.78. The van der Waals surface area contributed by atoms with Crippen LogP contribution in [-0.2, 0) is 0 Å². The molecule has 4 aliphatic rings. The quantitative estimate of drug-likeness (QED) is 0.583. The molecule has 2 saturated carbocycles. The lowest BCUT2D eigenvalue weighted by Gasteiger charge is -2.37. The molecule has 30 heavy (non-hydrogen) atoms. The van der Waals surface area contributed by atoms with Gasteiger partial charge in [-0.15, -0.1) is 0 Å². The van der Waals surface area contributed by atoms with E-state index in [1.165, 1.54) is 51.4 Å². The third-order valence-electron chi connectivity index (χ3n) is 7.91. The molecule has 0 aromatic heterocycles. The molecule has 2 aromatic carbocycles. The number of nitrogens with one attached hydrogen (secondary N) is 1. The first-order valence-corrected chi connectivity index (χ1v) is 11.9. The van der Waals surface area contributed by atoms with Crippen molar-refractivity contribution in [3.63, 3.8) is 0 Å². The maximum Gasteiger partial charge on any atom is 0.198 e. The first-order valence-electron chi connectivity index (χ1n) is 11.9. The zero-order valence-corrected chi connectivity index (χ0v) is 18.1. The van der Waals surface area contributed by atoms with Gasteiger partial charge in [-0.25, -0.2) is 4.99 Å². The van der Waals surface area contributed by atoms with Crippen molar-refractivity contribution in [2.45, 2.75) is 71.4 Å². The van der Waals surface area contributed by atoms with Crippen LogP contribution < -0.4 is 14.8 Å². The van der Waals surface area contributed by atoms with Crippen LogP contribution in [0.1, 0.15) is 65.2 Å². The highest BCUT2D eigenvalue weighted by Crippen LogP contribution is 2.49. The highest BCUT2D eigenvalue weighted by atomic mass is 16.5. The summed E-state index contributed by atoms with van der Waals surface area (Å²) >= 11 is 0. The number of anilines is 1. The molecule has 0 spiro atoms. The van der Waals surface area contributed by atoms with Crippen molar-refractivity contribution < 1.29 is 9.47 Å². The number of hydrogen-bond donors (Lipinski definition) is 1. The first kappa shape index (κ1) is 18.5. The van der Waals surface area contributed by atoms with Crippen LogP contribution in [0.3, 0.4) is 0 Å². The lowest BCUT2D eigenvalue weighted by molar-refractivity contribution is 0.117. The Morgan fingerprint density at radius 2 is 1.50 bits per heavy atom. The summed E-state index contributed by atoms with van der Waals surface area (Å²) in [6.45, 7) is 4.72. The number of ether oxygens (including phenoxy) is 2. The number of hydrogen-bond acceptors (Lipinski definition) is 4. The topological polar surface area (TPSA) is 42.8 Å². The van der Waals surface area contributed by atoms with Crippen molar-refractivity contribution in [3.8, 4) is 11.5 Å². The number of rotatable bonds is 2. The van der Waals surface area contributed by atoms with Gasteiger partial charge in [-0.3, -0.25) is 0 Å². The second kappa shape index (κ2) is 7.18. The van der Waals surface area contributed by atoms with Crippen molar-refractivity contribution in [2.24, 2.45) is 28.7 Å². The Kier molecular flexibility index (Phi) is 4.43. The van der Waals surface area contributed by atoms with E-state index < -0.39 is 0 Å². The molecule has 1 atom stereocenters. The fraction of sp³-hybridized carbons (Fsp3) is 0.577. The van der Waals surface area contributed by atoms with Gasteiger partial charge in [-0.05, 0) is 74.6 Å². The fourth-order valence-electron chi connectivity index (χ4n) is 5.87. The maximum atomic E-state index is 6.50. The van der Waals surface area contributed by atoms with E-state index in [2.05, 4.69) is 43.4 Å². The summed E-state index contributed by atoms with van der Waals surface area (Å²) in [5, 5.41) is 5.93. The minimum atomic E-state index is 0.0667. The normalized spacial score (nSPS) is 32.6. The summed E-state index contributed by atoms with van der Waals surface area (Å²) in [6.07, 6.45) is 10.1. The van der Waals surface area contributed by atoms with Crippen molar-refractivity contribution in [1.29, 1.82) is 0 Å². The van der Waals surface area contributed by atoms with Crippen LogP contribution in [0.4, 0.5) is 11.4 Å². The predicted molar refractivity (Wildman–Crippen MR) is 122 cm³/mol. The molecule has 0 radical (unpaired) electrons. The van der Waals surface area contributed by atoms with Crippen LogP contribution in [0.15, 0.2) is 29.3 Å². The summed E-state index contributed by atoms with van der Waals surface area (Å²) in [7, 11) is 0. The third-order valence-corrected chi connectivity index (χ3v) is 7.91. The Labute approximate surface area is 179 Å². The first-order chi connectivity index (χ1) is 14.7. The molecule has 6 rings (SSSR count). The Bertz CT molecular complexity index is 986. The molecule has 2 aliphatic carbocycles. The Hall–Kier alpha value is -2.23. The lowest BCUT2D eigenvalue weighted by Crippen LogP contribution is -2.38. The van der Waals surface area contributed by atoms with Crippen molar-refractivity contribution >= 4 is 28.0 Å².